The molecule has 150 valence electrons. The lowest BCUT2D eigenvalue weighted by molar-refractivity contribution is -0.135. The van der Waals surface area contributed by atoms with E-state index in [0.29, 0.717) is 32.8 Å². The summed E-state index contributed by atoms with van der Waals surface area (Å²) in [6.07, 6.45) is 7.54. The largest absolute Gasteiger partial charge is 0.379 e. The maximum Gasteiger partial charge on any atom is 0.225 e. The first kappa shape index (κ1) is 20.0. The summed E-state index contributed by atoms with van der Waals surface area (Å²) in [5.74, 6) is 0.399. The molecule has 3 aliphatic rings. The molecule has 2 aliphatic heterocycles. The highest BCUT2D eigenvalue weighted by Gasteiger charge is 2.36. The summed E-state index contributed by atoms with van der Waals surface area (Å²) in [6, 6.07) is -0.0846. The minimum absolute atomic E-state index is 0.0846. The van der Waals surface area contributed by atoms with E-state index in [0.717, 1.165) is 51.7 Å². The number of hydrogen-bond donors (Lipinski definition) is 0. The van der Waals surface area contributed by atoms with Crippen LogP contribution in [0.1, 0.15) is 38.5 Å². The molecule has 1 amide bonds. The van der Waals surface area contributed by atoms with E-state index >= 15 is 0 Å². The fourth-order valence-corrected chi connectivity index (χ4v) is 5.60. The molecular weight excluding hydrogens is 354 g/mol. The molecule has 8 heteroatoms. The number of hydrogen-bond acceptors (Lipinski definition) is 5. The van der Waals surface area contributed by atoms with Crippen molar-refractivity contribution in [3.8, 4) is 0 Å². The minimum Gasteiger partial charge on any atom is -0.379 e. The van der Waals surface area contributed by atoms with Crippen LogP contribution in [0.4, 0.5) is 0 Å². The van der Waals surface area contributed by atoms with Crippen molar-refractivity contribution in [1.29, 1.82) is 0 Å². The lowest BCUT2D eigenvalue weighted by Crippen LogP contribution is -2.47. The van der Waals surface area contributed by atoms with Crippen LogP contribution in [-0.4, -0.2) is 93.2 Å². The smallest absolute Gasteiger partial charge is 0.225 e. The molecule has 1 atom stereocenters. The molecular formula is C18H33N3O4S. The molecule has 0 aromatic heterocycles. The van der Waals surface area contributed by atoms with Crippen LogP contribution in [0.25, 0.3) is 0 Å². The summed E-state index contributed by atoms with van der Waals surface area (Å²) < 4.78 is 31.7. The summed E-state index contributed by atoms with van der Waals surface area (Å²) in [7, 11) is -3.29. The van der Waals surface area contributed by atoms with Gasteiger partial charge in [-0.2, -0.15) is 4.31 Å². The van der Waals surface area contributed by atoms with E-state index in [1.165, 1.54) is 12.7 Å². The van der Waals surface area contributed by atoms with Gasteiger partial charge in [-0.25, -0.2) is 8.42 Å². The average Bonchev–Trinajstić information content (AvgIpc) is 3.11. The molecule has 7 nitrogen and oxygen atoms in total. The standard InChI is InChI=1S/C18H33N3O4S/c1-26(23,24)21(10-9-19-11-13-25-14-12-19)17-7-8-20(15-17)18(22)16-5-3-2-4-6-16/h16-17H,2-15H2,1H3. The highest BCUT2D eigenvalue weighted by atomic mass is 32.2. The van der Waals surface area contributed by atoms with Crippen molar-refractivity contribution in [2.45, 2.75) is 44.6 Å². The Morgan fingerprint density at radius 2 is 1.77 bits per heavy atom. The molecule has 1 saturated carbocycles. The third-order valence-electron chi connectivity index (χ3n) is 6.00. The second kappa shape index (κ2) is 8.99. The summed E-state index contributed by atoms with van der Waals surface area (Å²) in [4.78, 5) is 16.9. The highest BCUT2D eigenvalue weighted by molar-refractivity contribution is 7.88. The summed E-state index contributed by atoms with van der Waals surface area (Å²) in [5.41, 5.74) is 0. The van der Waals surface area contributed by atoms with Gasteiger partial charge in [0.05, 0.1) is 19.5 Å². The predicted molar refractivity (Wildman–Crippen MR) is 100 cm³/mol. The number of carbonyl (C=O) groups is 1. The van der Waals surface area contributed by atoms with Crippen molar-refractivity contribution < 1.29 is 17.9 Å². The normalized spacial score (nSPS) is 26.5. The third-order valence-corrected chi connectivity index (χ3v) is 7.34. The molecule has 0 aromatic carbocycles. The van der Waals surface area contributed by atoms with E-state index in [4.69, 9.17) is 4.74 Å². The fraction of sp³-hybridized carbons (Fsp3) is 0.944. The lowest BCUT2D eigenvalue weighted by atomic mass is 9.88. The number of amides is 1. The van der Waals surface area contributed by atoms with E-state index in [1.54, 1.807) is 4.31 Å². The molecule has 0 aromatic rings. The molecule has 0 spiro atoms. The van der Waals surface area contributed by atoms with Gasteiger partial charge in [0, 0.05) is 51.2 Å². The molecule has 0 radical (unpaired) electrons. The second-order valence-electron chi connectivity index (χ2n) is 7.89. The molecule has 26 heavy (non-hydrogen) atoms. The van der Waals surface area contributed by atoms with Crippen molar-refractivity contribution in [3.63, 3.8) is 0 Å². The van der Waals surface area contributed by atoms with Crippen molar-refractivity contribution in [1.82, 2.24) is 14.1 Å². The number of sulfonamides is 1. The van der Waals surface area contributed by atoms with Gasteiger partial charge in [0.15, 0.2) is 0 Å². The number of likely N-dealkylation sites (tertiary alicyclic amines) is 1. The van der Waals surface area contributed by atoms with Gasteiger partial charge >= 0.3 is 0 Å². The average molecular weight is 388 g/mol. The maximum absolute atomic E-state index is 12.8. The fourth-order valence-electron chi connectivity index (χ4n) is 4.47. The molecule has 3 fully saturated rings. The zero-order chi connectivity index (χ0) is 18.6. The first-order chi connectivity index (χ1) is 12.4. The first-order valence-electron chi connectivity index (χ1n) is 10.0. The predicted octanol–water partition coefficient (Wildman–Crippen LogP) is 0.761. The van der Waals surface area contributed by atoms with Gasteiger partial charge in [0.25, 0.3) is 0 Å². The van der Waals surface area contributed by atoms with Crippen molar-refractivity contribution >= 4 is 15.9 Å². The minimum atomic E-state index is -3.29. The number of carbonyl (C=O) groups excluding carboxylic acids is 1. The van der Waals surface area contributed by atoms with Gasteiger partial charge in [-0.3, -0.25) is 9.69 Å². The lowest BCUT2D eigenvalue weighted by Gasteiger charge is -2.32. The number of ether oxygens (including phenoxy) is 1. The van der Waals surface area contributed by atoms with Crippen LogP contribution in [-0.2, 0) is 19.6 Å². The van der Waals surface area contributed by atoms with Gasteiger partial charge in [-0.05, 0) is 19.3 Å². The third kappa shape index (κ3) is 5.18. The molecule has 1 aliphatic carbocycles. The van der Waals surface area contributed by atoms with Crippen LogP contribution >= 0.6 is 0 Å². The molecule has 2 saturated heterocycles. The first-order valence-corrected chi connectivity index (χ1v) is 11.9. The van der Waals surface area contributed by atoms with E-state index in [-0.39, 0.29) is 17.9 Å². The Bertz CT molecular complexity index is 571. The van der Waals surface area contributed by atoms with Crippen LogP contribution in [0.3, 0.4) is 0 Å². The number of rotatable bonds is 6. The van der Waals surface area contributed by atoms with Gasteiger partial charge in [-0.15, -0.1) is 0 Å². The molecule has 3 rings (SSSR count). The zero-order valence-corrected chi connectivity index (χ0v) is 16.8. The Hall–Kier alpha value is -0.700. The van der Waals surface area contributed by atoms with Crippen LogP contribution in [0.2, 0.25) is 0 Å². The summed E-state index contributed by atoms with van der Waals surface area (Å²) in [5, 5.41) is 0. The van der Waals surface area contributed by atoms with Gasteiger partial charge in [0.2, 0.25) is 15.9 Å². The van der Waals surface area contributed by atoms with Crippen molar-refractivity contribution in [3.05, 3.63) is 0 Å². The Morgan fingerprint density at radius 3 is 2.42 bits per heavy atom. The second-order valence-corrected chi connectivity index (χ2v) is 9.82. The Balaban J connectivity index is 1.56. The number of morpholine rings is 1. The number of nitrogens with zero attached hydrogens (tertiary/aromatic N) is 3. The Morgan fingerprint density at radius 1 is 1.08 bits per heavy atom. The molecule has 0 N–H and O–H groups in total. The Labute approximate surface area is 157 Å². The van der Waals surface area contributed by atoms with Gasteiger partial charge in [-0.1, -0.05) is 19.3 Å². The van der Waals surface area contributed by atoms with Crippen LogP contribution in [0.15, 0.2) is 0 Å². The molecule has 1 unspecified atom stereocenters. The van der Waals surface area contributed by atoms with Gasteiger partial charge < -0.3 is 9.64 Å². The maximum atomic E-state index is 12.8. The van der Waals surface area contributed by atoms with E-state index in [2.05, 4.69) is 4.90 Å². The van der Waals surface area contributed by atoms with E-state index < -0.39 is 10.0 Å². The Kier molecular flexibility index (Phi) is 6.93. The molecule has 0 bridgehead atoms. The van der Waals surface area contributed by atoms with Crippen molar-refractivity contribution in [2.75, 3.05) is 58.7 Å². The summed E-state index contributed by atoms with van der Waals surface area (Å²) in [6.45, 7) is 5.59. The monoisotopic (exact) mass is 387 g/mol. The van der Waals surface area contributed by atoms with Crippen LogP contribution in [0, 0.1) is 5.92 Å². The quantitative estimate of drug-likeness (QED) is 0.673. The zero-order valence-electron chi connectivity index (χ0n) is 15.9. The van der Waals surface area contributed by atoms with Crippen LogP contribution in [0.5, 0.6) is 0 Å². The van der Waals surface area contributed by atoms with E-state index in [1.807, 2.05) is 4.90 Å². The van der Waals surface area contributed by atoms with Crippen molar-refractivity contribution in [2.24, 2.45) is 5.92 Å². The highest BCUT2D eigenvalue weighted by Crippen LogP contribution is 2.28. The SMILES string of the molecule is CS(=O)(=O)N(CCN1CCOCC1)C1CCN(C(=O)C2CCCCC2)C1. The molecule has 2 heterocycles. The summed E-state index contributed by atoms with van der Waals surface area (Å²) >= 11 is 0. The topological polar surface area (TPSA) is 70.2 Å². The van der Waals surface area contributed by atoms with E-state index in [9.17, 15) is 13.2 Å². The van der Waals surface area contributed by atoms with Gasteiger partial charge in [0.1, 0.15) is 0 Å². The van der Waals surface area contributed by atoms with Crippen LogP contribution < -0.4 is 0 Å².